The molecular formula is C6H11NO2. The Morgan fingerprint density at radius 3 is 2.89 bits per heavy atom. The molecule has 0 aromatic heterocycles. The smallest absolute Gasteiger partial charge is 0.409 e. The summed E-state index contributed by atoms with van der Waals surface area (Å²) in [6, 6.07) is 0. The maximum Gasteiger partial charge on any atom is 0.409 e. The minimum Gasteiger partial charge on any atom is -0.453 e. The molecule has 0 unspecified atom stereocenters. The number of carbonyl (C=O) groups is 1. The highest BCUT2D eigenvalue weighted by Crippen LogP contribution is 2.07. The number of hydrogen-bond donors (Lipinski definition) is 0. The fourth-order valence-electron chi connectivity index (χ4n) is 0.991. The molecule has 0 aromatic rings. The van der Waals surface area contributed by atoms with Crippen molar-refractivity contribution in [2.24, 2.45) is 0 Å². The van der Waals surface area contributed by atoms with E-state index in [4.69, 9.17) is 1.37 Å². The van der Waals surface area contributed by atoms with E-state index in [9.17, 15) is 4.79 Å². The molecule has 9 heavy (non-hydrogen) atoms. The van der Waals surface area contributed by atoms with Crippen molar-refractivity contribution in [3.05, 3.63) is 0 Å². The van der Waals surface area contributed by atoms with Crippen LogP contribution in [0.5, 0.6) is 0 Å². The van der Waals surface area contributed by atoms with Crippen molar-refractivity contribution in [3.63, 3.8) is 0 Å². The third-order valence-corrected chi connectivity index (χ3v) is 1.49. The van der Waals surface area contributed by atoms with Crippen LogP contribution in [0.25, 0.3) is 0 Å². The van der Waals surface area contributed by atoms with E-state index < -0.39 is 0 Å². The number of hydrogen-bond acceptors (Lipinski definition) is 2. The lowest BCUT2D eigenvalue weighted by Gasteiger charge is -2.11. The number of rotatable bonds is 0. The number of methoxy groups -OCH3 is 1. The van der Waals surface area contributed by atoms with E-state index in [1.165, 1.54) is 0 Å². The Morgan fingerprint density at radius 1 is 1.67 bits per heavy atom. The average molecular weight is 130 g/mol. The van der Waals surface area contributed by atoms with Crippen molar-refractivity contribution < 1.29 is 10.9 Å². The molecule has 0 atom stereocenters. The zero-order valence-corrected chi connectivity index (χ0v) is 5.30. The summed E-state index contributed by atoms with van der Waals surface area (Å²) in [7, 11) is -0.269. The van der Waals surface area contributed by atoms with Crippen LogP contribution in [-0.2, 0) is 4.74 Å². The highest BCUT2D eigenvalue weighted by Gasteiger charge is 2.17. The number of carbonyl (C=O) groups excluding carboxylic acids is 1. The Bertz CT molecular complexity index is 123. The highest BCUT2D eigenvalue weighted by molar-refractivity contribution is 5.67. The zero-order valence-electron chi connectivity index (χ0n) is 6.30. The van der Waals surface area contributed by atoms with Gasteiger partial charge in [0.15, 0.2) is 0 Å². The van der Waals surface area contributed by atoms with Crippen LogP contribution < -0.4 is 0 Å². The van der Waals surface area contributed by atoms with Gasteiger partial charge in [-0.2, -0.15) is 0 Å². The Balaban J connectivity index is 2.25. The second-order valence-electron chi connectivity index (χ2n) is 2.10. The number of nitrogens with zero attached hydrogens (tertiary/aromatic N) is 1. The summed E-state index contributed by atoms with van der Waals surface area (Å²) < 4.78 is 11.1. The van der Waals surface area contributed by atoms with Gasteiger partial charge < -0.3 is 9.64 Å². The quantitative estimate of drug-likeness (QED) is 0.486. The fraction of sp³-hybridized carbons (Fsp3) is 0.833. The van der Waals surface area contributed by atoms with Gasteiger partial charge in [-0.3, -0.25) is 0 Å². The van der Waals surface area contributed by atoms with Gasteiger partial charge in [0.1, 0.15) is 0 Å². The first-order valence-corrected chi connectivity index (χ1v) is 3.05. The molecule has 3 heteroatoms. The number of likely N-dealkylation sites (tertiary alicyclic amines) is 1. The molecule has 52 valence electrons. The van der Waals surface area contributed by atoms with Crippen LogP contribution in [-0.4, -0.2) is 31.2 Å². The monoisotopic (exact) mass is 130 g/mol. The largest absolute Gasteiger partial charge is 0.453 e. The van der Waals surface area contributed by atoms with Crippen LogP contribution in [0.3, 0.4) is 0 Å². The molecule has 0 spiro atoms. The molecule has 1 amide bonds. The molecule has 1 aliphatic rings. The van der Waals surface area contributed by atoms with Crippen molar-refractivity contribution in [1.29, 1.82) is 0 Å². The topological polar surface area (TPSA) is 29.5 Å². The Hall–Kier alpha value is -0.730. The summed E-state index contributed by atoms with van der Waals surface area (Å²) in [4.78, 5) is 12.5. The molecule has 0 radical (unpaired) electrons. The molecule has 1 rings (SSSR count). The first-order chi connectivity index (χ1) is 4.84. The molecule has 1 saturated heterocycles. The van der Waals surface area contributed by atoms with Crippen molar-refractivity contribution in [1.82, 2.24) is 4.90 Å². The maximum atomic E-state index is 10.8. The molecule has 1 aliphatic heterocycles. The summed E-state index contributed by atoms with van der Waals surface area (Å²) in [5.74, 6) is 0. The van der Waals surface area contributed by atoms with Crippen LogP contribution in [0.4, 0.5) is 4.79 Å². The molecule has 1 heterocycles. The fourth-order valence-corrected chi connectivity index (χ4v) is 0.991. The van der Waals surface area contributed by atoms with Crippen LogP contribution in [0.15, 0.2) is 0 Å². The first kappa shape index (κ1) is 5.09. The standard InChI is InChI=1S/C6H11NO2/c1-9-6(8)7-4-2-3-5-7/h2-5H2,1H3/i1D. The predicted molar refractivity (Wildman–Crippen MR) is 33.2 cm³/mol. The molecule has 1 fully saturated rings. The molecular weight excluding hydrogens is 118 g/mol. The van der Waals surface area contributed by atoms with E-state index in [1.807, 2.05) is 0 Å². The van der Waals surface area contributed by atoms with E-state index in [2.05, 4.69) is 4.74 Å². The SMILES string of the molecule is [2H]COC(=O)N1CCCC1. The van der Waals surface area contributed by atoms with E-state index in [-0.39, 0.29) is 13.2 Å². The second-order valence-corrected chi connectivity index (χ2v) is 2.10. The second kappa shape index (κ2) is 2.71. The Labute approximate surface area is 56.0 Å². The molecule has 0 bridgehead atoms. The molecule has 0 aromatic carbocycles. The Morgan fingerprint density at radius 2 is 2.33 bits per heavy atom. The summed E-state index contributed by atoms with van der Waals surface area (Å²) in [6.07, 6.45) is 1.78. The van der Waals surface area contributed by atoms with Gasteiger partial charge in [-0.05, 0) is 12.8 Å². The highest BCUT2D eigenvalue weighted by atomic mass is 16.5. The molecule has 0 saturated carbocycles. The molecule has 0 aliphatic carbocycles. The van der Waals surface area contributed by atoms with Gasteiger partial charge in [-0.15, -0.1) is 0 Å². The normalized spacial score (nSPS) is 19.6. The summed E-state index contributed by atoms with van der Waals surface area (Å²) >= 11 is 0. The van der Waals surface area contributed by atoms with E-state index in [0.717, 1.165) is 25.9 Å². The average Bonchev–Trinajstić information content (AvgIpc) is 2.38. The summed E-state index contributed by atoms with van der Waals surface area (Å²) in [6.45, 7) is 1.58. The minimum atomic E-state index is -0.340. The molecule has 3 nitrogen and oxygen atoms in total. The number of ether oxygens (including phenoxy) is 1. The van der Waals surface area contributed by atoms with Crippen molar-refractivity contribution >= 4 is 6.09 Å². The van der Waals surface area contributed by atoms with Crippen LogP contribution in [0.2, 0.25) is 0 Å². The van der Waals surface area contributed by atoms with Crippen molar-refractivity contribution in [3.8, 4) is 0 Å². The zero-order chi connectivity index (χ0) is 7.40. The number of amides is 1. The lowest BCUT2D eigenvalue weighted by Crippen LogP contribution is -2.27. The minimum absolute atomic E-state index is 0.269. The van der Waals surface area contributed by atoms with Crippen molar-refractivity contribution in [2.45, 2.75) is 12.8 Å². The molecule has 0 N–H and O–H groups in total. The van der Waals surface area contributed by atoms with Crippen LogP contribution in [0, 0.1) is 0 Å². The van der Waals surface area contributed by atoms with Gasteiger partial charge >= 0.3 is 6.09 Å². The van der Waals surface area contributed by atoms with Gasteiger partial charge in [0.25, 0.3) is 0 Å². The summed E-state index contributed by atoms with van der Waals surface area (Å²) in [5.41, 5.74) is 0. The predicted octanol–water partition coefficient (Wildman–Crippen LogP) is 0.849. The van der Waals surface area contributed by atoms with Crippen LogP contribution >= 0.6 is 0 Å². The lowest BCUT2D eigenvalue weighted by molar-refractivity contribution is 0.133. The maximum absolute atomic E-state index is 10.8. The first-order valence-electron chi connectivity index (χ1n) is 3.76. The summed E-state index contributed by atoms with van der Waals surface area (Å²) in [5, 5.41) is 0. The lowest BCUT2D eigenvalue weighted by atomic mass is 10.4. The van der Waals surface area contributed by atoms with Gasteiger partial charge in [-0.25, -0.2) is 4.79 Å². The van der Waals surface area contributed by atoms with Gasteiger partial charge in [0.05, 0.1) is 8.46 Å². The van der Waals surface area contributed by atoms with E-state index in [1.54, 1.807) is 4.90 Å². The third-order valence-electron chi connectivity index (χ3n) is 1.49. The van der Waals surface area contributed by atoms with E-state index >= 15 is 0 Å². The van der Waals surface area contributed by atoms with Crippen LogP contribution in [0.1, 0.15) is 14.2 Å². The van der Waals surface area contributed by atoms with Gasteiger partial charge in [-0.1, -0.05) is 0 Å². The van der Waals surface area contributed by atoms with Gasteiger partial charge in [0.2, 0.25) is 0 Å². The van der Waals surface area contributed by atoms with Gasteiger partial charge in [0, 0.05) is 13.1 Å². The van der Waals surface area contributed by atoms with Crippen molar-refractivity contribution in [2.75, 3.05) is 20.2 Å². The van der Waals surface area contributed by atoms with E-state index in [0.29, 0.717) is 0 Å². The third kappa shape index (κ3) is 1.34. The Kier molecular flexibility index (Phi) is 1.53.